The van der Waals surface area contributed by atoms with Gasteiger partial charge < -0.3 is 0 Å². The van der Waals surface area contributed by atoms with E-state index in [0.717, 1.165) is 28.4 Å². The second kappa shape index (κ2) is 7.84. The van der Waals surface area contributed by atoms with Gasteiger partial charge in [-0.1, -0.05) is 5.92 Å². The van der Waals surface area contributed by atoms with Gasteiger partial charge in [-0.15, -0.1) is 6.42 Å². The molecule has 5 nitrogen and oxygen atoms in total. The number of carbonyl (C=O) groups excluding carboxylic acids is 1. The molecule has 0 saturated heterocycles. The van der Waals surface area contributed by atoms with Gasteiger partial charge in [-0.3, -0.25) is 14.7 Å². The zero-order chi connectivity index (χ0) is 16.8. The first-order chi connectivity index (χ1) is 11.1. The molecule has 2 aromatic rings. The fraction of sp³-hybridized carbons (Fsp3) is 0.353. The molecule has 0 aliphatic rings. The standard InChI is InChI=1S/C17H20N4OS/c1-5-7-20(17(22)6-8-23-4)16-12-21(19-14(16)3)15-9-13(2)10-18-11-15/h1,9-12H,6-8H2,2-4H3. The Labute approximate surface area is 141 Å². The summed E-state index contributed by atoms with van der Waals surface area (Å²) in [6.07, 6.45) is 13.2. The molecule has 0 saturated carbocycles. The lowest BCUT2D eigenvalue weighted by Crippen LogP contribution is -2.31. The highest BCUT2D eigenvalue weighted by molar-refractivity contribution is 7.98. The summed E-state index contributed by atoms with van der Waals surface area (Å²) >= 11 is 1.64. The van der Waals surface area contributed by atoms with E-state index >= 15 is 0 Å². The molecule has 6 heteroatoms. The lowest BCUT2D eigenvalue weighted by Gasteiger charge is -2.19. The zero-order valence-electron chi connectivity index (χ0n) is 13.6. The minimum atomic E-state index is 0.0160. The maximum Gasteiger partial charge on any atom is 0.228 e. The van der Waals surface area contributed by atoms with Gasteiger partial charge in [0, 0.05) is 18.4 Å². The highest BCUT2D eigenvalue weighted by atomic mass is 32.2. The van der Waals surface area contributed by atoms with E-state index in [2.05, 4.69) is 16.0 Å². The third kappa shape index (κ3) is 4.14. The number of hydrogen-bond donors (Lipinski definition) is 0. The minimum Gasteiger partial charge on any atom is -0.297 e. The molecule has 0 fully saturated rings. The normalized spacial score (nSPS) is 10.3. The second-order valence-electron chi connectivity index (χ2n) is 5.19. The molecule has 120 valence electrons. The Bertz CT molecular complexity index is 732. The number of nitrogens with zero attached hydrogens (tertiary/aromatic N) is 4. The van der Waals surface area contributed by atoms with Gasteiger partial charge in [0.15, 0.2) is 0 Å². The number of terminal acetylenes is 1. The summed E-state index contributed by atoms with van der Waals surface area (Å²) in [5.74, 6) is 3.35. The number of hydrogen-bond acceptors (Lipinski definition) is 4. The van der Waals surface area contributed by atoms with E-state index in [0.29, 0.717) is 6.42 Å². The maximum absolute atomic E-state index is 12.4. The summed E-state index contributed by atoms with van der Waals surface area (Å²) in [5, 5.41) is 4.50. The van der Waals surface area contributed by atoms with Crippen LogP contribution in [0.5, 0.6) is 0 Å². The van der Waals surface area contributed by atoms with E-state index < -0.39 is 0 Å². The Balaban J connectivity index is 2.34. The Morgan fingerprint density at radius 2 is 2.22 bits per heavy atom. The zero-order valence-corrected chi connectivity index (χ0v) is 14.4. The second-order valence-corrected chi connectivity index (χ2v) is 6.18. The van der Waals surface area contributed by atoms with Gasteiger partial charge in [0.05, 0.1) is 36.0 Å². The van der Waals surface area contributed by atoms with Crippen LogP contribution in [0.3, 0.4) is 0 Å². The number of aromatic nitrogens is 3. The van der Waals surface area contributed by atoms with E-state index in [-0.39, 0.29) is 12.5 Å². The number of pyridine rings is 1. The van der Waals surface area contributed by atoms with Crippen LogP contribution >= 0.6 is 11.8 Å². The van der Waals surface area contributed by atoms with Crippen molar-refractivity contribution in [2.75, 3.05) is 23.5 Å². The third-order valence-corrected chi connectivity index (χ3v) is 3.97. The first-order valence-electron chi connectivity index (χ1n) is 7.28. The monoisotopic (exact) mass is 328 g/mol. The van der Waals surface area contributed by atoms with Crippen molar-refractivity contribution >= 4 is 23.4 Å². The molecule has 0 N–H and O–H groups in total. The molecule has 2 heterocycles. The molecule has 0 aliphatic heterocycles. The minimum absolute atomic E-state index is 0.0160. The number of anilines is 1. The summed E-state index contributed by atoms with van der Waals surface area (Å²) < 4.78 is 1.73. The molecule has 2 aromatic heterocycles. The van der Waals surface area contributed by atoms with Gasteiger partial charge in [-0.05, 0) is 31.7 Å². The Morgan fingerprint density at radius 3 is 2.87 bits per heavy atom. The van der Waals surface area contributed by atoms with Gasteiger partial charge in [0.25, 0.3) is 0 Å². The van der Waals surface area contributed by atoms with E-state index in [1.165, 1.54) is 0 Å². The van der Waals surface area contributed by atoms with E-state index in [1.807, 2.05) is 32.4 Å². The quantitative estimate of drug-likeness (QED) is 0.765. The summed E-state index contributed by atoms with van der Waals surface area (Å²) in [5.41, 5.74) is 3.42. The lowest BCUT2D eigenvalue weighted by atomic mass is 10.3. The molecule has 23 heavy (non-hydrogen) atoms. The predicted molar refractivity (Wildman–Crippen MR) is 95.0 cm³/mol. The smallest absolute Gasteiger partial charge is 0.228 e. The largest absolute Gasteiger partial charge is 0.297 e. The highest BCUT2D eigenvalue weighted by Gasteiger charge is 2.19. The number of thioether (sulfide) groups is 1. The molecule has 0 aliphatic carbocycles. The van der Waals surface area contributed by atoms with Gasteiger partial charge in [0.1, 0.15) is 0 Å². The Morgan fingerprint density at radius 1 is 1.43 bits per heavy atom. The summed E-state index contributed by atoms with van der Waals surface area (Å²) in [4.78, 5) is 18.2. The van der Waals surface area contributed by atoms with Crippen LogP contribution in [-0.4, -0.2) is 39.2 Å². The van der Waals surface area contributed by atoms with Gasteiger partial charge in [0.2, 0.25) is 5.91 Å². The van der Waals surface area contributed by atoms with Crippen molar-refractivity contribution in [3.05, 3.63) is 35.9 Å². The fourth-order valence-electron chi connectivity index (χ4n) is 2.24. The SMILES string of the molecule is C#CCN(C(=O)CCSC)c1cn(-c2cncc(C)c2)nc1C. The van der Waals surface area contributed by atoms with Crippen molar-refractivity contribution in [3.8, 4) is 18.0 Å². The number of carbonyl (C=O) groups is 1. The Kier molecular flexibility index (Phi) is 5.83. The highest BCUT2D eigenvalue weighted by Crippen LogP contribution is 2.22. The van der Waals surface area contributed by atoms with E-state index in [9.17, 15) is 4.79 Å². The van der Waals surface area contributed by atoms with Crippen LogP contribution in [0.2, 0.25) is 0 Å². The first-order valence-corrected chi connectivity index (χ1v) is 8.67. The van der Waals surface area contributed by atoms with Crippen LogP contribution in [0.1, 0.15) is 17.7 Å². The summed E-state index contributed by atoms with van der Waals surface area (Å²) in [6, 6.07) is 1.99. The van der Waals surface area contributed by atoms with Crippen molar-refractivity contribution in [2.24, 2.45) is 0 Å². The summed E-state index contributed by atoms with van der Waals surface area (Å²) in [7, 11) is 0. The van der Waals surface area contributed by atoms with Crippen molar-refractivity contribution in [1.29, 1.82) is 0 Å². The van der Waals surface area contributed by atoms with Gasteiger partial charge in [-0.2, -0.15) is 16.9 Å². The van der Waals surface area contributed by atoms with Crippen LogP contribution in [0, 0.1) is 26.2 Å². The van der Waals surface area contributed by atoms with Gasteiger partial charge in [-0.25, -0.2) is 4.68 Å². The molecular weight excluding hydrogens is 308 g/mol. The molecule has 1 amide bonds. The molecule has 0 radical (unpaired) electrons. The van der Waals surface area contributed by atoms with Crippen LogP contribution in [0.25, 0.3) is 5.69 Å². The summed E-state index contributed by atoms with van der Waals surface area (Å²) in [6.45, 7) is 4.09. The molecule has 0 aromatic carbocycles. The number of amides is 1. The Hall–Kier alpha value is -2.26. The van der Waals surface area contributed by atoms with Gasteiger partial charge >= 0.3 is 0 Å². The topological polar surface area (TPSA) is 51.0 Å². The van der Waals surface area contributed by atoms with Crippen LogP contribution in [0.15, 0.2) is 24.7 Å². The molecule has 0 bridgehead atoms. The van der Waals surface area contributed by atoms with Crippen molar-refractivity contribution < 1.29 is 4.79 Å². The number of aryl methyl sites for hydroxylation is 2. The molecular formula is C17H20N4OS. The van der Waals surface area contributed by atoms with Crippen LogP contribution in [0.4, 0.5) is 5.69 Å². The van der Waals surface area contributed by atoms with Crippen molar-refractivity contribution in [2.45, 2.75) is 20.3 Å². The van der Waals surface area contributed by atoms with Crippen LogP contribution in [-0.2, 0) is 4.79 Å². The fourth-order valence-corrected chi connectivity index (χ4v) is 2.61. The van der Waals surface area contributed by atoms with Crippen molar-refractivity contribution in [3.63, 3.8) is 0 Å². The molecule has 0 atom stereocenters. The molecule has 0 unspecified atom stereocenters. The molecule has 0 spiro atoms. The van der Waals surface area contributed by atoms with Crippen LogP contribution < -0.4 is 4.90 Å². The van der Waals surface area contributed by atoms with E-state index in [4.69, 9.17) is 6.42 Å². The predicted octanol–water partition coefficient (Wildman–Crippen LogP) is 2.60. The average molecular weight is 328 g/mol. The van der Waals surface area contributed by atoms with E-state index in [1.54, 1.807) is 33.7 Å². The lowest BCUT2D eigenvalue weighted by molar-refractivity contribution is -0.118. The van der Waals surface area contributed by atoms with Crippen molar-refractivity contribution in [1.82, 2.24) is 14.8 Å². The number of rotatable bonds is 6. The first kappa shape index (κ1) is 17.1. The molecule has 2 rings (SSSR count). The average Bonchev–Trinajstić information content (AvgIpc) is 2.92. The third-order valence-electron chi connectivity index (χ3n) is 3.36. The maximum atomic E-state index is 12.4.